The van der Waals surface area contributed by atoms with Crippen molar-refractivity contribution >= 4 is 5.91 Å². The standard InChI is InChI=1S/C21H23FN2O4/c1-12-14(8-13-6-7-18(27-2)23-10-13)9-15-20(19(12)22)28-11-24(21(15)26)16-4-3-5-17(16)25/h6-7,9-10,16-17,25H,3-5,8,11H2,1-2H3/t16?,17-/m0/s1. The quantitative estimate of drug-likeness (QED) is 0.875. The molecule has 148 valence electrons. The van der Waals surface area contributed by atoms with Crippen LogP contribution in [0.2, 0.25) is 0 Å². The number of carbonyl (C=O) groups excluding carboxylic acids is 1. The van der Waals surface area contributed by atoms with Gasteiger partial charge in [0.05, 0.1) is 24.8 Å². The molecule has 1 unspecified atom stereocenters. The molecular formula is C21H23FN2O4. The summed E-state index contributed by atoms with van der Waals surface area (Å²) in [4.78, 5) is 18.7. The highest BCUT2D eigenvalue weighted by molar-refractivity contribution is 5.98. The van der Waals surface area contributed by atoms with Crippen LogP contribution in [0.1, 0.15) is 46.3 Å². The van der Waals surface area contributed by atoms with Gasteiger partial charge in [0, 0.05) is 12.3 Å². The lowest BCUT2D eigenvalue weighted by Gasteiger charge is -2.35. The molecular weight excluding hydrogens is 363 g/mol. The summed E-state index contributed by atoms with van der Waals surface area (Å²) in [6.07, 6.45) is 3.81. The van der Waals surface area contributed by atoms with Crippen LogP contribution in [-0.2, 0) is 6.42 Å². The van der Waals surface area contributed by atoms with E-state index in [2.05, 4.69) is 4.98 Å². The van der Waals surface area contributed by atoms with Gasteiger partial charge in [-0.2, -0.15) is 0 Å². The molecule has 1 fully saturated rings. The zero-order valence-electron chi connectivity index (χ0n) is 15.9. The highest BCUT2D eigenvalue weighted by Crippen LogP contribution is 2.36. The van der Waals surface area contributed by atoms with E-state index in [0.29, 0.717) is 29.8 Å². The minimum absolute atomic E-state index is 0.00263. The summed E-state index contributed by atoms with van der Waals surface area (Å²) in [5, 5.41) is 10.2. The molecule has 2 atom stereocenters. The van der Waals surface area contributed by atoms with Crippen molar-refractivity contribution in [1.29, 1.82) is 0 Å². The molecule has 4 rings (SSSR count). The second-order valence-electron chi connectivity index (χ2n) is 7.35. The number of carbonyl (C=O) groups is 1. The van der Waals surface area contributed by atoms with Crippen LogP contribution in [0, 0.1) is 12.7 Å². The summed E-state index contributed by atoms with van der Waals surface area (Å²) in [6.45, 7) is 1.65. The van der Waals surface area contributed by atoms with E-state index in [-0.39, 0.29) is 30.0 Å². The van der Waals surface area contributed by atoms with Crippen LogP contribution in [0.15, 0.2) is 24.4 Å². The number of aliphatic hydroxyl groups excluding tert-OH is 1. The molecule has 2 aromatic rings. The predicted octanol–water partition coefficient (Wildman–Crippen LogP) is 2.83. The van der Waals surface area contributed by atoms with E-state index in [1.807, 2.05) is 6.07 Å². The number of amides is 1. The molecule has 6 nitrogen and oxygen atoms in total. The van der Waals surface area contributed by atoms with Crippen molar-refractivity contribution in [3.63, 3.8) is 0 Å². The summed E-state index contributed by atoms with van der Waals surface area (Å²) in [5.74, 6) is -0.288. The number of halogens is 1. The number of aromatic nitrogens is 1. The lowest BCUT2D eigenvalue weighted by atomic mass is 9.96. The number of aliphatic hydroxyl groups is 1. The number of rotatable bonds is 4. The third-order valence-electron chi connectivity index (χ3n) is 5.66. The normalized spacial score (nSPS) is 21.4. The molecule has 1 aliphatic heterocycles. The summed E-state index contributed by atoms with van der Waals surface area (Å²) in [6, 6.07) is 5.03. The fraction of sp³-hybridized carbons (Fsp3) is 0.429. The smallest absolute Gasteiger partial charge is 0.260 e. The fourth-order valence-electron chi connectivity index (χ4n) is 4.00. The van der Waals surface area contributed by atoms with Crippen LogP contribution < -0.4 is 9.47 Å². The highest BCUT2D eigenvalue weighted by Gasteiger charge is 2.39. The molecule has 1 amide bonds. The number of hydrogen-bond acceptors (Lipinski definition) is 5. The molecule has 1 aromatic carbocycles. The Labute approximate surface area is 162 Å². The van der Waals surface area contributed by atoms with E-state index in [1.54, 1.807) is 32.4 Å². The third-order valence-corrected chi connectivity index (χ3v) is 5.66. The number of hydrogen-bond donors (Lipinski definition) is 1. The van der Waals surface area contributed by atoms with Gasteiger partial charge in [-0.05, 0) is 55.4 Å². The molecule has 0 bridgehead atoms. The topological polar surface area (TPSA) is 71.9 Å². The lowest BCUT2D eigenvalue weighted by Crippen LogP contribution is -2.48. The minimum atomic E-state index is -0.561. The third kappa shape index (κ3) is 3.20. The van der Waals surface area contributed by atoms with Gasteiger partial charge in [-0.3, -0.25) is 9.69 Å². The molecule has 1 N–H and O–H groups in total. The molecule has 0 radical (unpaired) electrons. The van der Waals surface area contributed by atoms with E-state index in [4.69, 9.17) is 9.47 Å². The SMILES string of the molecule is COc1ccc(Cc2cc3c(c(F)c2C)OCN(C2CCC[C@@H]2O)C3=O)cn1. The van der Waals surface area contributed by atoms with Gasteiger partial charge in [0.1, 0.15) is 0 Å². The monoisotopic (exact) mass is 386 g/mol. The largest absolute Gasteiger partial charge is 0.481 e. The molecule has 1 saturated carbocycles. The van der Waals surface area contributed by atoms with Crippen LogP contribution in [0.5, 0.6) is 11.6 Å². The number of nitrogens with zero attached hydrogens (tertiary/aromatic N) is 2. The van der Waals surface area contributed by atoms with E-state index in [9.17, 15) is 14.3 Å². The Hall–Kier alpha value is -2.67. The van der Waals surface area contributed by atoms with Gasteiger partial charge in [-0.1, -0.05) is 6.07 Å². The minimum Gasteiger partial charge on any atom is -0.481 e. The van der Waals surface area contributed by atoms with Crippen LogP contribution in [0.4, 0.5) is 4.39 Å². The predicted molar refractivity (Wildman–Crippen MR) is 100 cm³/mol. The number of benzene rings is 1. The summed E-state index contributed by atoms with van der Waals surface area (Å²) in [5.41, 5.74) is 2.26. The van der Waals surface area contributed by atoms with E-state index >= 15 is 0 Å². The second kappa shape index (κ2) is 7.39. The first kappa shape index (κ1) is 18.7. The van der Waals surface area contributed by atoms with Gasteiger partial charge in [0.2, 0.25) is 5.88 Å². The summed E-state index contributed by atoms with van der Waals surface area (Å²) >= 11 is 0. The number of fused-ring (bicyclic) bond motifs is 1. The highest BCUT2D eigenvalue weighted by atomic mass is 19.1. The summed E-state index contributed by atoms with van der Waals surface area (Å²) < 4.78 is 25.6. The average Bonchev–Trinajstić information content (AvgIpc) is 3.13. The van der Waals surface area contributed by atoms with Gasteiger partial charge >= 0.3 is 0 Å². The molecule has 7 heteroatoms. The van der Waals surface area contributed by atoms with Crippen molar-refractivity contribution in [3.05, 3.63) is 52.5 Å². The maximum atomic E-state index is 14.9. The first-order valence-electron chi connectivity index (χ1n) is 9.42. The zero-order valence-corrected chi connectivity index (χ0v) is 15.9. The van der Waals surface area contributed by atoms with Gasteiger partial charge in [0.25, 0.3) is 5.91 Å². The molecule has 1 aromatic heterocycles. The fourth-order valence-corrected chi connectivity index (χ4v) is 4.00. The lowest BCUT2D eigenvalue weighted by molar-refractivity contribution is 0.0115. The van der Waals surface area contributed by atoms with Crippen LogP contribution in [0.25, 0.3) is 0 Å². The number of ether oxygens (including phenoxy) is 2. The maximum absolute atomic E-state index is 14.9. The molecule has 0 saturated heterocycles. The Morgan fingerprint density at radius 2 is 2.21 bits per heavy atom. The second-order valence-corrected chi connectivity index (χ2v) is 7.35. The van der Waals surface area contributed by atoms with E-state index < -0.39 is 11.9 Å². The molecule has 2 heterocycles. The Balaban J connectivity index is 1.66. The van der Waals surface area contributed by atoms with Gasteiger partial charge in [0.15, 0.2) is 18.3 Å². The Kier molecular flexibility index (Phi) is 4.93. The molecule has 2 aliphatic rings. The van der Waals surface area contributed by atoms with Gasteiger partial charge < -0.3 is 14.6 Å². The van der Waals surface area contributed by atoms with E-state index in [0.717, 1.165) is 18.4 Å². The zero-order chi connectivity index (χ0) is 19.8. The average molecular weight is 386 g/mol. The van der Waals surface area contributed by atoms with Crippen LogP contribution in [-0.4, -0.2) is 46.9 Å². The van der Waals surface area contributed by atoms with E-state index in [1.165, 1.54) is 4.90 Å². The first-order chi connectivity index (χ1) is 13.5. The molecule has 28 heavy (non-hydrogen) atoms. The first-order valence-corrected chi connectivity index (χ1v) is 9.42. The van der Waals surface area contributed by atoms with Crippen LogP contribution >= 0.6 is 0 Å². The van der Waals surface area contributed by atoms with Gasteiger partial charge in [-0.25, -0.2) is 9.37 Å². The molecule has 0 spiro atoms. The number of pyridine rings is 1. The Morgan fingerprint density at radius 3 is 2.86 bits per heavy atom. The maximum Gasteiger partial charge on any atom is 0.260 e. The number of methoxy groups -OCH3 is 1. The van der Waals surface area contributed by atoms with Crippen molar-refractivity contribution in [2.24, 2.45) is 0 Å². The Morgan fingerprint density at radius 1 is 1.39 bits per heavy atom. The summed E-state index contributed by atoms with van der Waals surface area (Å²) in [7, 11) is 1.55. The van der Waals surface area contributed by atoms with Crippen molar-refractivity contribution in [1.82, 2.24) is 9.88 Å². The van der Waals surface area contributed by atoms with Crippen LogP contribution in [0.3, 0.4) is 0 Å². The molecule has 1 aliphatic carbocycles. The van der Waals surface area contributed by atoms with Crippen molar-refractivity contribution in [2.75, 3.05) is 13.8 Å². The van der Waals surface area contributed by atoms with Crippen molar-refractivity contribution in [3.8, 4) is 11.6 Å². The van der Waals surface area contributed by atoms with Crippen molar-refractivity contribution < 1.29 is 23.8 Å². The van der Waals surface area contributed by atoms with Crippen molar-refractivity contribution in [2.45, 2.75) is 44.8 Å². The van der Waals surface area contributed by atoms with Gasteiger partial charge in [-0.15, -0.1) is 0 Å². The Bertz CT molecular complexity index is 900.